The number of aromatic nitrogens is 1. The van der Waals surface area contributed by atoms with Gasteiger partial charge in [0.2, 0.25) is 5.91 Å². The van der Waals surface area contributed by atoms with Crippen molar-refractivity contribution in [2.24, 2.45) is 11.1 Å². The van der Waals surface area contributed by atoms with Gasteiger partial charge >= 0.3 is 0 Å². The van der Waals surface area contributed by atoms with Crippen LogP contribution in [0.4, 0.5) is 5.82 Å². The van der Waals surface area contributed by atoms with Crippen molar-refractivity contribution in [2.45, 2.75) is 40.0 Å². The van der Waals surface area contributed by atoms with Crippen LogP contribution in [0.15, 0.2) is 16.7 Å². The molecule has 0 aromatic carbocycles. The smallest absolute Gasteiger partial charge is 0.225 e. The molecule has 3 N–H and O–H groups in total. The minimum atomic E-state index is -0.000631. The predicted octanol–water partition coefficient (Wildman–Crippen LogP) is 3.25. The zero-order chi connectivity index (χ0) is 14.5. The molecule has 0 fully saturated rings. The molecule has 19 heavy (non-hydrogen) atoms. The summed E-state index contributed by atoms with van der Waals surface area (Å²) in [6.45, 7) is 6.89. The zero-order valence-corrected chi connectivity index (χ0v) is 13.4. The fourth-order valence-corrected chi connectivity index (χ4v) is 2.00. The summed E-state index contributed by atoms with van der Waals surface area (Å²) < 4.78 is 0.939. The lowest BCUT2D eigenvalue weighted by molar-refractivity contribution is -0.116. The molecule has 1 amide bonds. The van der Waals surface area contributed by atoms with Crippen LogP contribution in [-0.4, -0.2) is 17.4 Å². The van der Waals surface area contributed by atoms with Gasteiger partial charge in [0.25, 0.3) is 0 Å². The first kappa shape index (κ1) is 16.1. The highest BCUT2D eigenvalue weighted by molar-refractivity contribution is 9.10. The number of hydrogen-bond donors (Lipinski definition) is 2. The van der Waals surface area contributed by atoms with E-state index in [2.05, 4.69) is 40.1 Å². The highest BCUT2D eigenvalue weighted by Crippen LogP contribution is 2.26. The Morgan fingerprint density at radius 3 is 2.74 bits per heavy atom. The number of carbonyl (C=O) groups excluding carboxylic acids is 1. The number of nitrogens with one attached hydrogen (secondary N) is 1. The van der Waals surface area contributed by atoms with Gasteiger partial charge in [-0.2, -0.15) is 0 Å². The van der Waals surface area contributed by atoms with Crippen LogP contribution in [0.1, 0.15) is 38.7 Å². The molecule has 5 heteroatoms. The lowest BCUT2D eigenvalue weighted by atomic mass is 9.84. The molecular formula is C14H22BrN3O. The fourth-order valence-electron chi connectivity index (χ4n) is 1.78. The molecule has 0 aliphatic carbocycles. The zero-order valence-electron chi connectivity index (χ0n) is 11.8. The van der Waals surface area contributed by atoms with Gasteiger partial charge in [0.05, 0.1) is 0 Å². The van der Waals surface area contributed by atoms with E-state index in [0.717, 1.165) is 22.9 Å². The molecule has 0 radical (unpaired) electrons. The molecule has 1 aromatic rings. The molecule has 0 saturated carbocycles. The second-order valence-corrected chi connectivity index (χ2v) is 6.42. The Hall–Kier alpha value is -0.940. The van der Waals surface area contributed by atoms with E-state index in [0.29, 0.717) is 18.8 Å². The van der Waals surface area contributed by atoms with Crippen LogP contribution in [0.5, 0.6) is 0 Å². The molecule has 0 bridgehead atoms. The minimum Gasteiger partial charge on any atom is -0.330 e. The molecule has 1 rings (SSSR count). The van der Waals surface area contributed by atoms with Crippen LogP contribution < -0.4 is 11.1 Å². The van der Waals surface area contributed by atoms with E-state index >= 15 is 0 Å². The number of halogens is 1. The van der Waals surface area contributed by atoms with Crippen LogP contribution in [0.2, 0.25) is 0 Å². The van der Waals surface area contributed by atoms with Crippen molar-refractivity contribution in [1.82, 2.24) is 4.98 Å². The number of pyridine rings is 1. The number of rotatable bonds is 6. The van der Waals surface area contributed by atoms with Crippen molar-refractivity contribution in [1.29, 1.82) is 0 Å². The van der Waals surface area contributed by atoms with E-state index in [1.807, 2.05) is 13.0 Å². The van der Waals surface area contributed by atoms with E-state index in [4.69, 9.17) is 5.73 Å². The monoisotopic (exact) mass is 327 g/mol. The van der Waals surface area contributed by atoms with Gasteiger partial charge < -0.3 is 11.1 Å². The quantitative estimate of drug-likeness (QED) is 0.842. The Morgan fingerprint density at radius 1 is 1.47 bits per heavy atom. The van der Waals surface area contributed by atoms with Crippen molar-refractivity contribution < 1.29 is 4.79 Å². The topological polar surface area (TPSA) is 68.0 Å². The Balaban J connectivity index is 2.49. The maximum absolute atomic E-state index is 11.9. The lowest BCUT2D eigenvalue weighted by Gasteiger charge is -2.23. The van der Waals surface area contributed by atoms with E-state index in [9.17, 15) is 4.79 Å². The van der Waals surface area contributed by atoms with Crippen LogP contribution in [0, 0.1) is 12.3 Å². The van der Waals surface area contributed by atoms with Crippen LogP contribution in [-0.2, 0) is 4.79 Å². The van der Waals surface area contributed by atoms with Gasteiger partial charge in [-0.15, -0.1) is 0 Å². The number of nitrogens with two attached hydrogens (primary N) is 1. The molecule has 0 aliphatic rings. The Kier molecular flexibility index (Phi) is 5.94. The normalized spacial score (nSPS) is 11.4. The Bertz CT molecular complexity index is 446. The summed E-state index contributed by atoms with van der Waals surface area (Å²) in [5, 5.41) is 2.82. The number of aryl methyl sites for hydroxylation is 1. The molecule has 4 nitrogen and oxygen atoms in total. The highest BCUT2D eigenvalue weighted by Gasteiger charge is 2.18. The summed E-state index contributed by atoms with van der Waals surface area (Å²) in [5.41, 5.74) is 6.72. The van der Waals surface area contributed by atoms with Crippen LogP contribution >= 0.6 is 15.9 Å². The van der Waals surface area contributed by atoms with Gasteiger partial charge in [-0.3, -0.25) is 4.79 Å². The van der Waals surface area contributed by atoms with Gasteiger partial charge in [0, 0.05) is 17.1 Å². The number of amides is 1. The van der Waals surface area contributed by atoms with Crippen molar-refractivity contribution in [3.8, 4) is 0 Å². The summed E-state index contributed by atoms with van der Waals surface area (Å²) >= 11 is 3.38. The van der Waals surface area contributed by atoms with E-state index in [1.54, 1.807) is 6.20 Å². The van der Waals surface area contributed by atoms with Gasteiger partial charge in [0.15, 0.2) is 0 Å². The maximum Gasteiger partial charge on any atom is 0.225 e. The molecule has 1 heterocycles. The third-order valence-electron chi connectivity index (χ3n) is 3.16. The third-order valence-corrected chi connectivity index (χ3v) is 3.99. The fraction of sp³-hybridized carbons (Fsp3) is 0.571. The van der Waals surface area contributed by atoms with Gasteiger partial charge in [0.1, 0.15) is 5.82 Å². The van der Waals surface area contributed by atoms with E-state index in [-0.39, 0.29) is 11.3 Å². The van der Waals surface area contributed by atoms with Gasteiger partial charge in [-0.25, -0.2) is 4.98 Å². The van der Waals surface area contributed by atoms with Crippen molar-refractivity contribution in [3.05, 3.63) is 22.3 Å². The second kappa shape index (κ2) is 7.01. The molecule has 1 aromatic heterocycles. The molecule has 0 atom stereocenters. The average molecular weight is 328 g/mol. The van der Waals surface area contributed by atoms with Gasteiger partial charge in [-0.1, -0.05) is 13.8 Å². The number of anilines is 1. The predicted molar refractivity (Wildman–Crippen MR) is 82.0 cm³/mol. The van der Waals surface area contributed by atoms with Crippen molar-refractivity contribution in [3.63, 3.8) is 0 Å². The van der Waals surface area contributed by atoms with Crippen LogP contribution in [0.3, 0.4) is 0 Å². The molecular weight excluding hydrogens is 306 g/mol. The molecule has 0 saturated heterocycles. The SMILES string of the molecule is Cc1cc(NC(=O)CCC(C)(C)CCN)ncc1Br. The molecule has 0 unspecified atom stereocenters. The molecule has 0 aliphatic heterocycles. The number of carbonyl (C=O) groups is 1. The minimum absolute atomic E-state index is 0.000631. The summed E-state index contributed by atoms with van der Waals surface area (Å²) in [5.74, 6) is 0.599. The summed E-state index contributed by atoms with van der Waals surface area (Å²) in [4.78, 5) is 16.0. The first-order chi connectivity index (χ1) is 8.84. The molecule has 106 valence electrons. The number of nitrogens with zero attached hydrogens (tertiary/aromatic N) is 1. The van der Waals surface area contributed by atoms with Gasteiger partial charge in [-0.05, 0) is 59.3 Å². The van der Waals surface area contributed by atoms with E-state index < -0.39 is 0 Å². The highest BCUT2D eigenvalue weighted by atomic mass is 79.9. The first-order valence-electron chi connectivity index (χ1n) is 6.46. The Labute approximate surface area is 123 Å². The average Bonchev–Trinajstić information content (AvgIpc) is 2.32. The van der Waals surface area contributed by atoms with Crippen molar-refractivity contribution in [2.75, 3.05) is 11.9 Å². The van der Waals surface area contributed by atoms with Crippen molar-refractivity contribution >= 4 is 27.7 Å². The first-order valence-corrected chi connectivity index (χ1v) is 7.25. The summed E-state index contributed by atoms with van der Waals surface area (Å²) in [7, 11) is 0. The third kappa shape index (κ3) is 5.70. The lowest BCUT2D eigenvalue weighted by Crippen LogP contribution is -2.21. The summed E-state index contributed by atoms with van der Waals surface area (Å²) in [6.07, 6.45) is 3.94. The summed E-state index contributed by atoms with van der Waals surface area (Å²) in [6, 6.07) is 1.85. The number of hydrogen-bond acceptors (Lipinski definition) is 3. The second-order valence-electron chi connectivity index (χ2n) is 5.57. The molecule has 0 spiro atoms. The largest absolute Gasteiger partial charge is 0.330 e. The Morgan fingerprint density at radius 2 is 2.16 bits per heavy atom. The standard InChI is InChI=1S/C14H22BrN3O/c1-10-8-12(17-9-11(10)15)18-13(19)4-5-14(2,3)6-7-16/h8-9H,4-7,16H2,1-3H3,(H,17,18,19). The maximum atomic E-state index is 11.9. The van der Waals surface area contributed by atoms with E-state index in [1.165, 1.54) is 0 Å². The van der Waals surface area contributed by atoms with Crippen LogP contribution in [0.25, 0.3) is 0 Å².